The number of carbonyl (C=O) groups is 2. The quantitative estimate of drug-likeness (QED) is 0.319. The van der Waals surface area contributed by atoms with Gasteiger partial charge >= 0.3 is 0 Å². The lowest BCUT2D eigenvalue weighted by Crippen LogP contribution is -2.12. The number of allylic oxidation sites excluding steroid dienone is 2. The highest BCUT2D eigenvalue weighted by atomic mass is 32.2. The SMILES string of the molecule is O=C(/C=C/c1ccc2c(c1)OCO2)C(C(=O)c1ccccc1)=C1SCCS1. The average molecular weight is 396 g/mol. The first-order valence-electron chi connectivity index (χ1n) is 8.44. The Morgan fingerprint density at radius 2 is 1.67 bits per heavy atom. The molecule has 0 N–H and O–H groups in total. The third-order valence-corrected chi connectivity index (χ3v) is 6.80. The van der Waals surface area contributed by atoms with E-state index in [1.54, 1.807) is 53.9 Å². The van der Waals surface area contributed by atoms with Crippen LogP contribution >= 0.6 is 23.5 Å². The van der Waals surface area contributed by atoms with Gasteiger partial charge in [-0.05, 0) is 23.8 Å². The van der Waals surface area contributed by atoms with Gasteiger partial charge in [-0.2, -0.15) is 0 Å². The Kier molecular flexibility index (Phi) is 5.36. The van der Waals surface area contributed by atoms with Gasteiger partial charge in [-0.15, -0.1) is 23.5 Å². The van der Waals surface area contributed by atoms with Crippen LogP contribution in [0.4, 0.5) is 0 Å². The zero-order chi connectivity index (χ0) is 18.6. The van der Waals surface area contributed by atoms with Crippen molar-refractivity contribution in [2.45, 2.75) is 0 Å². The number of fused-ring (bicyclic) bond motifs is 1. The number of benzene rings is 2. The monoisotopic (exact) mass is 396 g/mol. The van der Waals surface area contributed by atoms with Crippen LogP contribution in [0.25, 0.3) is 6.08 Å². The second-order valence-corrected chi connectivity index (χ2v) is 8.33. The van der Waals surface area contributed by atoms with E-state index in [2.05, 4.69) is 0 Å². The summed E-state index contributed by atoms with van der Waals surface area (Å²) in [4.78, 5) is 25.9. The molecule has 4 nitrogen and oxygen atoms in total. The normalized spacial score (nSPS) is 15.3. The van der Waals surface area contributed by atoms with Crippen LogP contribution < -0.4 is 9.47 Å². The first kappa shape index (κ1) is 17.9. The van der Waals surface area contributed by atoms with Gasteiger partial charge in [0.2, 0.25) is 6.79 Å². The Morgan fingerprint density at radius 3 is 2.44 bits per heavy atom. The highest BCUT2D eigenvalue weighted by molar-refractivity contribution is 8.25. The molecule has 1 saturated heterocycles. The first-order valence-corrected chi connectivity index (χ1v) is 10.4. The molecule has 0 spiro atoms. The van der Waals surface area contributed by atoms with Crippen molar-refractivity contribution in [1.29, 1.82) is 0 Å². The Bertz CT molecular complexity index is 940. The minimum atomic E-state index is -0.279. The lowest BCUT2D eigenvalue weighted by Gasteiger charge is -2.07. The summed E-state index contributed by atoms with van der Waals surface area (Å²) in [5.41, 5.74) is 1.60. The molecular formula is C21H16O4S2. The molecule has 4 rings (SSSR count). The van der Waals surface area contributed by atoms with Crippen LogP contribution in [0.3, 0.4) is 0 Å². The van der Waals surface area contributed by atoms with Crippen LogP contribution in [0.2, 0.25) is 0 Å². The molecule has 136 valence electrons. The molecular weight excluding hydrogens is 380 g/mol. The topological polar surface area (TPSA) is 52.6 Å². The molecule has 2 aliphatic rings. The van der Waals surface area contributed by atoms with Gasteiger partial charge in [-0.1, -0.05) is 42.5 Å². The molecule has 0 atom stereocenters. The molecule has 1 fully saturated rings. The summed E-state index contributed by atoms with van der Waals surface area (Å²) in [6, 6.07) is 14.4. The molecule has 0 saturated carbocycles. The van der Waals surface area contributed by atoms with Gasteiger partial charge in [0.15, 0.2) is 23.1 Å². The summed E-state index contributed by atoms with van der Waals surface area (Å²) < 4.78 is 11.5. The zero-order valence-corrected chi connectivity index (χ0v) is 16.0. The zero-order valence-electron chi connectivity index (χ0n) is 14.3. The van der Waals surface area contributed by atoms with Crippen molar-refractivity contribution in [3.8, 4) is 11.5 Å². The maximum absolute atomic E-state index is 13.0. The number of rotatable bonds is 5. The molecule has 0 amide bonds. The fraction of sp³-hybridized carbons (Fsp3) is 0.143. The van der Waals surface area contributed by atoms with E-state index in [4.69, 9.17) is 9.47 Å². The minimum Gasteiger partial charge on any atom is -0.454 e. The fourth-order valence-corrected chi connectivity index (χ4v) is 5.31. The Labute approximate surface area is 165 Å². The molecule has 27 heavy (non-hydrogen) atoms. The number of hydrogen-bond donors (Lipinski definition) is 0. The third kappa shape index (κ3) is 3.96. The lowest BCUT2D eigenvalue weighted by molar-refractivity contribution is -0.111. The van der Waals surface area contributed by atoms with Crippen LogP contribution in [-0.2, 0) is 4.79 Å². The number of thioether (sulfide) groups is 2. The van der Waals surface area contributed by atoms with Crippen molar-refractivity contribution in [1.82, 2.24) is 0 Å². The first-order chi connectivity index (χ1) is 13.2. The summed E-state index contributed by atoms with van der Waals surface area (Å²) in [5.74, 6) is 2.66. The van der Waals surface area contributed by atoms with Gasteiger partial charge in [0, 0.05) is 17.1 Å². The van der Waals surface area contributed by atoms with Crippen LogP contribution in [0.1, 0.15) is 15.9 Å². The van der Waals surface area contributed by atoms with E-state index in [0.717, 1.165) is 21.3 Å². The van der Waals surface area contributed by atoms with Gasteiger partial charge in [0.05, 0.1) is 9.81 Å². The number of ether oxygens (including phenoxy) is 2. The summed E-state index contributed by atoms with van der Waals surface area (Å²) in [5, 5.41) is 0. The molecule has 2 heterocycles. The number of carbonyl (C=O) groups excluding carboxylic acids is 2. The second kappa shape index (κ2) is 8.06. The van der Waals surface area contributed by atoms with Crippen molar-refractivity contribution >= 4 is 41.2 Å². The van der Waals surface area contributed by atoms with Crippen molar-refractivity contribution in [3.63, 3.8) is 0 Å². The number of ketones is 2. The van der Waals surface area contributed by atoms with Crippen LogP contribution in [-0.4, -0.2) is 29.9 Å². The van der Waals surface area contributed by atoms with E-state index >= 15 is 0 Å². The number of hydrogen-bond acceptors (Lipinski definition) is 6. The second-order valence-electron chi connectivity index (χ2n) is 5.86. The summed E-state index contributed by atoms with van der Waals surface area (Å²) in [6.07, 6.45) is 3.16. The fourth-order valence-electron chi connectivity index (χ4n) is 2.77. The van der Waals surface area contributed by atoms with Crippen molar-refractivity contribution in [2.75, 3.05) is 18.3 Å². The van der Waals surface area contributed by atoms with Gasteiger partial charge in [-0.3, -0.25) is 9.59 Å². The standard InChI is InChI=1S/C21H16O4S2/c22-16(8-6-14-7-9-17-18(12-14)25-13-24-17)19(21-26-10-11-27-21)20(23)15-4-2-1-3-5-15/h1-9,12H,10-11,13H2/b8-6+. The lowest BCUT2D eigenvalue weighted by atomic mass is 10.0. The largest absolute Gasteiger partial charge is 0.454 e. The summed E-state index contributed by atoms with van der Waals surface area (Å²) >= 11 is 3.14. The van der Waals surface area contributed by atoms with Crippen LogP contribution in [0.15, 0.2) is 64.4 Å². The summed E-state index contributed by atoms with van der Waals surface area (Å²) in [7, 11) is 0. The Morgan fingerprint density at radius 1 is 0.926 bits per heavy atom. The molecule has 0 aliphatic carbocycles. The van der Waals surface area contributed by atoms with E-state index in [0.29, 0.717) is 17.1 Å². The van der Waals surface area contributed by atoms with Crippen molar-refractivity contribution in [2.24, 2.45) is 0 Å². The molecule has 2 aromatic carbocycles. The van der Waals surface area contributed by atoms with Gasteiger partial charge < -0.3 is 9.47 Å². The smallest absolute Gasteiger partial charge is 0.231 e. The molecule has 2 aliphatic heterocycles. The Hall–Kier alpha value is -2.44. The maximum atomic E-state index is 13.0. The molecule has 6 heteroatoms. The predicted octanol–water partition coefficient (Wildman–Crippen LogP) is 4.57. The van der Waals surface area contributed by atoms with Gasteiger partial charge in [-0.25, -0.2) is 0 Å². The number of Topliss-reactive ketones (excluding diaryl/α,β-unsaturated/α-hetero) is 1. The Balaban J connectivity index is 1.61. The average Bonchev–Trinajstić information content (AvgIpc) is 3.38. The molecule has 2 aromatic rings. The highest BCUT2D eigenvalue weighted by Crippen LogP contribution is 2.40. The highest BCUT2D eigenvalue weighted by Gasteiger charge is 2.25. The third-order valence-electron chi connectivity index (χ3n) is 4.09. The maximum Gasteiger partial charge on any atom is 0.231 e. The molecule has 0 unspecified atom stereocenters. The van der Waals surface area contributed by atoms with Gasteiger partial charge in [0.25, 0.3) is 0 Å². The van der Waals surface area contributed by atoms with Crippen molar-refractivity contribution in [3.05, 3.63) is 75.5 Å². The van der Waals surface area contributed by atoms with E-state index in [1.807, 2.05) is 24.3 Å². The van der Waals surface area contributed by atoms with E-state index in [-0.39, 0.29) is 23.9 Å². The van der Waals surface area contributed by atoms with Crippen LogP contribution in [0, 0.1) is 0 Å². The minimum absolute atomic E-state index is 0.206. The van der Waals surface area contributed by atoms with E-state index < -0.39 is 0 Å². The van der Waals surface area contributed by atoms with E-state index in [9.17, 15) is 9.59 Å². The predicted molar refractivity (Wildman–Crippen MR) is 109 cm³/mol. The summed E-state index contributed by atoms with van der Waals surface area (Å²) in [6.45, 7) is 0.206. The van der Waals surface area contributed by atoms with E-state index in [1.165, 1.54) is 6.08 Å². The van der Waals surface area contributed by atoms with Gasteiger partial charge in [0.1, 0.15) is 0 Å². The molecule has 0 bridgehead atoms. The molecule has 0 aromatic heterocycles. The van der Waals surface area contributed by atoms with Crippen LogP contribution in [0.5, 0.6) is 11.5 Å². The molecule has 0 radical (unpaired) electrons. The van der Waals surface area contributed by atoms with Crippen molar-refractivity contribution < 1.29 is 19.1 Å².